The van der Waals surface area contributed by atoms with Crippen molar-refractivity contribution in [2.45, 2.75) is 0 Å². The second-order valence-corrected chi connectivity index (χ2v) is 5.34. The van der Waals surface area contributed by atoms with Gasteiger partial charge in [-0.2, -0.15) is 0 Å². The van der Waals surface area contributed by atoms with Crippen LogP contribution in [0.5, 0.6) is 0 Å². The molecular formula is C16H15N5. The monoisotopic (exact) mass is 277 g/mol. The van der Waals surface area contributed by atoms with E-state index in [4.69, 9.17) is 28.7 Å². The highest BCUT2D eigenvalue weighted by Gasteiger charge is 2.20. The number of nitrogens with two attached hydrogens (primary N) is 5. The quantitative estimate of drug-likeness (QED) is 0.249. The third-order valence-corrected chi connectivity index (χ3v) is 4.29. The standard InChI is InChI=1S/C16H15N5/c17-12-7-3-1-2-6-4-5-8-10(9(6)7)11(14(12)19)15(20)16(21)13(8)18/h1-5H,17-21H2. The molecule has 0 radical (unpaired) electrons. The zero-order chi connectivity index (χ0) is 14.9. The molecule has 0 spiro atoms. The summed E-state index contributed by atoms with van der Waals surface area (Å²) in [5.74, 6) is 0. The van der Waals surface area contributed by atoms with Gasteiger partial charge in [-0.05, 0) is 10.8 Å². The van der Waals surface area contributed by atoms with Crippen LogP contribution in [0.4, 0.5) is 28.4 Å². The zero-order valence-corrected chi connectivity index (χ0v) is 11.3. The van der Waals surface area contributed by atoms with Gasteiger partial charge in [-0.3, -0.25) is 0 Å². The van der Waals surface area contributed by atoms with E-state index in [0.29, 0.717) is 33.8 Å². The van der Waals surface area contributed by atoms with E-state index in [-0.39, 0.29) is 0 Å². The Morgan fingerprint density at radius 2 is 1.10 bits per heavy atom. The Kier molecular flexibility index (Phi) is 1.96. The minimum Gasteiger partial charge on any atom is -0.397 e. The van der Waals surface area contributed by atoms with Gasteiger partial charge in [-0.25, -0.2) is 0 Å². The summed E-state index contributed by atoms with van der Waals surface area (Å²) in [6.07, 6.45) is 0. The van der Waals surface area contributed by atoms with Crippen molar-refractivity contribution in [1.29, 1.82) is 0 Å². The summed E-state index contributed by atoms with van der Waals surface area (Å²) in [5.41, 5.74) is 33.0. The van der Waals surface area contributed by atoms with Crippen LogP contribution in [0.15, 0.2) is 30.3 Å². The van der Waals surface area contributed by atoms with E-state index in [1.54, 1.807) is 0 Å². The molecule has 0 heterocycles. The van der Waals surface area contributed by atoms with Crippen LogP contribution in [0.3, 0.4) is 0 Å². The van der Waals surface area contributed by atoms with Gasteiger partial charge >= 0.3 is 0 Å². The first-order chi connectivity index (χ1) is 10.0. The van der Waals surface area contributed by atoms with Crippen molar-refractivity contribution in [1.82, 2.24) is 0 Å². The van der Waals surface area contributed by atoms with Gasteiger partial charge in [-0.1, -0.05) is 30.3 Å². The van der Waals surface area contributed by atoms with E-state index in [2.05, 4.69) is 0 Å². The second-order valence-electron chi connectivity index (χ2n) is 5.34. The maximum atomic E-state index is 6.22. The molecule has 0 unspecified atom stereocenters. The number of hydrogen-bond acceptors (Lipinski definition) is 5. The first-order valence-corrected chi connectivity index (χ1v) is 6.60. The molecule has 5 nitrogen and oxygen atoms in total. The van der Waals surface area contributed by atoms with Gasteiger partial charge in [0.05, 0.1) is 28.4 Å². The Hall–Kier alpha value is -3.08. The van der Waals surface area contributed by atoms with Crippen molar-refractivity contribution < 1.29 is 0 Å². The molecule has 5 heteroatoms. The molecule has 0 aliphatic carbocycles. The van der Waals surface area contributed by atoms with Gasteiger partial charge < -0.3 is 28.7 Å². The van der Waals surface area contributed by atoms with E-state index in [1.165, 1.54) is 0 Å². The summed E-state index contributed by atoms with van der Waals surface area (Å²) < 4.78 is 0. The van der Waals surface area contributed by atoms with Crippen LogP contribution < -0.4 is 28.7 Å². The van der Waals surface area contributed by atoms with Crippen molar-refractivity contribution in [2.24, 2.45) is 0 Å². The fourth-order valence-corrected chi connectivity index (χ4v) is 3.21. The molecule has 0 aromatic heterocycles. The van der Waals surface area contributed by atoms with Crippen LogP contribution in [0, 0.1) is 0 Å². The molecule has 0 amide bonds. The second kappa shape index (κ2) is 3.52. The number of benzene rings is 4. The Balaban J connectivity index is 2.53. The molecule has 104 valence electrons. The highest BCUT2D eigenvalue weighted by atomic mass is 14.8. The molecule has 0 fully saturated rings. The van der Waals surface area contributed by atoms with Gasteiger partial charge in [-0.15, -0.1) is 0 Å². The van der Waals surface area contributed by atoms with Gasteiger partial charge in [0.25, 0.3) is 0 Å². The predicted molar refractivity (Wildman–Crippen MR) is 92.2 cm³/mol. The maximum Gasteiger partial charge on any atom is 0.0795 e. The number of hydrogen-bond donors (Lipinski definition) is 5. The predicted octanol–water partition coefficient (Wildman–Crippen LogP) is 2.50. The van der Waals surface area contributed by atoms with Crippen LogP contribution >= 0.6 is 0 Å². The van der Waals surface area contributed by atoms with Crippen LogP contribution in [0.2, 0.25) is 0 Å². The Morgan fingerprint density at radius 1 is 0.476 bits per heavy atom. The highest BCUT2D eigenvalue weighted by Crippen LogP contribution is 2.48. The molecule has 21 heavy (non-hydrogen) atoms. The van der Waals surface area contributed by atoms with Crippen molar-refractivity contribution in [2.75, 3.05) is 28.7 Å². The lowest BCUT2D eigenvalue weighted by molar-refractivity contribution is 1.70. The molecule has 4 aromatic carbocycles. The molecule has 0 saturated carbocycles. The molecule has 0 atom stereocenters. The van der Waals surface area contributed by atoms with Gasteiger partial charge in [0, 0.05) is 21.5 Å². The summed E-state index contributed by atoms with van der Waals surface area (Å²) in [6, 6.07) is 9.89. The number of nitrogen functional groups attached to an aromatic ring is 5. The zero-order valence-electron chi connectivity index (χ0n) is 11.3. The molecular weight excluding hydrogens is 262 g/mol. The fraction of sp³-hybridized carbons (Fsp3) is 0. The van der Waals surface area contributed by atoms with Crippen LogP contribution in [-0.4, -0.2) is 0 Å². The van der Waals surface area contributed by atoms with E-state index >= 15 is 0 Å². The van der Waals surface area contributed by atoms with Crippen molar-refractivity contribution in [3.8, 4) is 0 Å². The largest absolute Gasteiger partial charge is 0.397 e. The molecule has 0 bridgehead atoms. The maximum absolute atomic E-state index is 6.22. The first kappa shape index (κ1) is 11.7. The summed E-state index contributed by atoms with van der Waals surface area (Å²) in [6.45, 7) is 0. The minimum absolute atomic E-state index is 0.354. The molecule has 0 aliphatic rings. The van der Waals surface area contributed by atoms with E-state index < -0.39 is 0 Å². The third kappa shape index (κ3) is 1.20. The molecule has 4 rings (SSSR count). The lowest BCUT2D eigenvalue weighted by Gasteiger charge is -2.19. The van der Waals surface area contributed by atoms with E-state index in [1.807, 2.05) is 30.3 Å². The third-order valence-electron chi connectivity index (χ3n) is 4.29. The Morgan fingerprint density at radius 3 is 1.86 bits per heavy atom. The van der Waals surface area contributed by atoms with Crippen molar-refractivity contribution in [3.63, 3.8) is 0 Å². The molecule has 0 aliphatic heterocycles. The smallest absolute Gasteiger partial charge is 0.0795 e. The minimum atomic E-state index is 0.354. The summed E-state index contributed by atoms with van der Waals surface area (Å²) in [7, 11) is 0. The average molecular weight is 277 g/mol. The fourth-order valence-electron chi connectivity index (χ4n) is 3.21. The van der Waals surface area contributed by atoms with Gasteiger partial charge in [0.1, 0.15) is 0 Å². The summed E-state index contributed by atoms with van der Waals surface area (Å²) in [4.78, 5) is 0. The molecule has 4 aromatic rings. The normalized spacial score (nSPS) is 11.8. The van der Waals surface area contributed by atoms with Crippen LogP contribution in [0.1, 0.15) is 0 Å². The van der Waals surface area contributed by atoms with Crippen LogP contribution in [0.25, 0.3) is 32.3 Å². The Labute approximate surface area is 120 Å². The first-order valence-electron chi connectivity index (χ1n) is 6.60. The van der Waals surface area contributed by atoms with E-state index in [0.717, 1.165) is 26.9 Å². The Bertz CT molecular complexity index is 1040. The number of rotatable bonds is 0. The molecule has 0 saturated heterocycles. The van der Waals surface area contributed by atoms with Gasteiger partial charge in [0.2, 0.25) is 0 Å². The highest BCUT2D eigenvalue weighted by molar-refractivity contribution is 6.35. The van der Waals surface area contributed by atoms with Crippen molar-refractivity contribution >= 4 is 60.8 Å². The van der Waals surface area contributed by atoms with Crippen LogP contribution in [-0.2, 0) is 0 Å². The molecule has 10 N–H and O–H groups in total. The SMILES string of the molecule is Nc1c(N)c2ccc3cccc4c(N)c(N)c(c1N)c2c34. The van der Waals surface area contributed by atoms with E-state index in [9.17, 15) is 0 Å². The summed E-state index contributed by atoms with van der Waals surface area (Å²) in [5, 5.41) is 5.48. The lowest BCUT2D eigenvalue weighted by Crippen LogP contribution is -2.06. The number of anilines is 5. The van der Waals surface area contributed by atoms with Crippen molar-refractivity contribution in [3.05, 3.63) is 30.3 Å². The topological polar surface area (TPSA) is 130 Å². The average Bonchev–Trinajstić information content (AvgIpc) is 2.50. The van der Waals surface area contributed by atoms with Gasteiger partial charge in [0.15, 0.2) is 0 Å². The lowest BCUT2D eigenvalue weighted by atomic mass is 9.90. The summed E-state index contributed by atoms with van der Waals surface area (Å²) >= 11 is 0.